The molecule has 0 radical (unpaired) electrons. The number of ether oxygens (including phenoxy) is 1. The summed E-state index contributed by atoms with van der Waals surface area (Å²) >= 11 is 0. The highest BCUT2D eigenvalue weighted by Crippen LogP contribution is 2.18. The Morgan fingerprint density at radius 3 is 2.73 bits per heavy atom. The molecule has 1 aliphatic heterocycles. The third-order valence-corrected chi connectivity index (χ3v) is 5.50. The van der Waals surface area contributed by atoms with E-state index in [-0.39, 0.29) is 17.2 Å². The lowest BCUT2D eigenvalue weighted by atomic mass is 10.1. The Kier molecular flexibility index (Phi) is 7.43. The van der Waals surface area contributed by atoms with E-state index in [1.807, 2.05) is 6.92 Å². The van der Waals surface area contributed by atoms with Crippen LogP contribution in [0.1, 0.15) is 23.0 Å². The lowest BCUT2D eigenvalue weighted by molar-refractivity contribution is 0.102. The minimum atomic E-state index is -0.389. The quantitative estimate of drug-likeness (QED) is 0.483. The monoisotopic (exact) mass is 448 g/mol. The number of piperazine rings is 1. The van der Waals surface area contributed by atoms with Crippen LogP contribution in [0.15, 0.2) is 53.7 Å². The van der Waals surface area contributed by atoms with Crippen LogP contribution in [0, 0.1) is 0 Å². The summed E-state index contributed by atoms with van der Waals surface area (Å²) in [7, 11) is 0. The number of nitrogens with zero attached hydrogens (tertiary/aromatic N) is 3. The molecule has 1 aliphatic rings. The van der Waals surface area contributed by atoms with E-state index in [4.69, 9.17) is 4.74 Å². The van der Waals surface area contributed by atoms with Crippen molar-refractivity contribution in [1.29, 1.82) is 0 Å². The van der Waals surface area contributed by atoms with Gasteiger partial charge in [-0.15, -0.1) is 0 Å². The van der Waals surface area contributed by atoms with E-state index in [1.165, 1.54) is 0 Å². The SMILES string of the molecule is CCc1cncc(-c2c[nH]c(=O)c(NC(=O)c3ccc(OCCN4CCNCC4)cc3)c2)n1. The summed E-state index contributed by atoms with van der Waals surface area (Å²) in [5.74, 6) is 0.328. The van der Waals surface area contributed by atoms with Crippen molar-refractivity contribution in [3.8, 4) is 17.0 Å². The molecule has 0 unspecified atom stereocenters. The predicted molar refractivity (Wildman–Crippen MR) is 127 cm³/mol. The molecule has 1 aromatic carbocycles. The summed E-state index contributed by atoms with van der Waals surface area (Å²) in [6.07, 6.45) is 5.65. The van der Waals surface area contributed by atoms with Crippen LogP contribution in [0.5, 0.6) is 5.75 Å². The first kappa shape index (κ1) is 22.6. The maximum Gasteiger partial charge on any atom is 0.271 e. The van der Waals surface area contributed by atoms with E-state index in [2.05, 4.69) is 30.5 Å². The number of carbonyl (C=O) groups is 1. The standard InChI is InChI=1S/C24H28N6O3/c1-2-19-15-26-16-22(28-19)18-13-21(24(32)27-14-18)29-23(31)17-3-5-20(6-4-17)33-12-11-30-9-7-25-8-10-30/h3-6,13-16,25H,2,7-12H2,1H3,(H,27,32)(H,29,31). The van der Waals surface area contributed by atoms with Gasteiger partial charge in [0.2, 0.25) is 0 Å². The van der Waals surface area contributed by atoms with Crippen LogP contribution in [-0.2, 0) is 6.42 Å². The fourth-order valence-corrected chi connectivity index (χ4v) is 3.56. The number of hydrogen-bond donors (Lipinski definition) is 3. The number of carbonyl (C=O) groups excluding carboxylic acids is 1. The molecule has 9 heteroatoms. The van der Waals surface area contributed by atoms with Gasteiger partial charge in [-0.05, 0) is 36.8 Å². The molecule has 172 valence electrons. The number of nitrogens with one attached hydrogen (secondary N) is 3. The number of pyridine rings is 1. The van der Waals surface area contributed by atoms with E-state index in [0.29, 0.717) is 29.2 Å². The van der Waals surface area contributed by atoms with Gasteiger partial charge >= 0.3 is 0 Å². The summed E-state index contributed by atoms with van der Waals surface area (Å²) in [6, 6.07) is 8.50. The Labute approximate surface area is 192 Å². The van der Waals surface area contributed by atoms with Crippen molar-refractivity contribution >= 4 is 11.6 Å². The second-order valence-corrected chi connectivity index (χ2v) is 7.80. The lowest BCUT2D eigenvalue weighted by Crippen LogP contribution is -2.44. The van der Waals surface area contributed by atoms with E-state index in [9.17, 15) is 9.59 Å². The van der Waals surface area contributed by atoms with Gasteiger partial charge in [0, 0.05) is 56.2 Å². The Morgan fingerprint density at radius 1 is 1.18 bits per heavy atom. The molecule has 3 heterocycles. The number of rotatable bonds is 8. The van der Waals surface area contributed by atoms with Crippen LogP contribution in [0.3, 0.4) is 0 Å². The molecule has 1 amide bonds. The molecule has 0 saturated carbocycles. The van der Waals surface area contributed by atoms with Gasteiger partial charge in [-0.2, -0.15) is 0 Å². The summed E-state index contributed by atoms with van der Waals surface area (Å²) in [5.41, 5.74) is 2.34. The van der Waals surface area contributed by atoms with Crippen LogP contribution in [0.4, 0.5) is 5.69 Å². The number of anilines is 1. The van der Waals surface area contributed by atoms with E-state index in [0.717, 1.165) is 44.8 Å². The third kappa shape index (κ3) is 6.03. The molecule has 0 aliphatic carbocycles. The molecule has 2 aromatic heterocycles. The molecule has 0 bridgehead atoms. The zero-order valence-corrected chi connectivity index (χ0v) is 18.6. The predicted octanol–water partition coefficient (Wildman–Crippen LogP) is 1.93. The van der Waals surface area contributed by atoms with Crippen molar-refractivity contribution < 1.29 is 9.53 Å². The Morgan fingerprint density at radius 2 is 1.97 bits per heavy atom. The van der Waals surface area contributed by atoms with Crippen molar-refractivity contribution in [3.63, 3.8) is 0 Å². The van der Waals surface area contributed by atoms with Crippen LogP contribution in [0.25, 0.3) is 11.3 Å². The van der Waals surface area contributed by atoms with Gasteiger partial charge in [-0.1, -0.05) is 6.92 Å². The fourth-order valence-electron chi connectivity index (χ4n) is 3.56. The van der Waals surface area contributed by atoms with Crippen LogP contribution in [-0.4, -0.2) is 65.1 Å². The smallest absolute Gasteiger partial charge is 0.271 e. The Balaban J connectivity index is 1.38. The van der Waals surface area contributed by atoms with Crippen molar-refractivity contribution in [1.82, 2.24) is 25.2 Å². The van der Waals surface area contributed by atoms with Crippen LogP contribution >= 0.6 is 0 Å². The number of aryl methyl sites for hydroxylation is 1. The van der Waals surface area contributed by atoms with Gasteiger partial charge in [0.25, 0.3) is 11.5 Å². The van der Waals surface area contributed by atoms with Crippen LogP contribution < -0.4 is 20.9 Å². The van der Waals surface area contributed by atoms with E-state index in [1.54, 1.807) is 48.9 Å². The number of amides is 1. The maximum absolute atomic E-state index is 12.7. The van der Waals surface area contributed by atoms with Crippen molar-refractivity contribution in [2.75, 3.05) is 44.6 Å². The molecule has 1 fully saturated rings. The first-order valence-electron chi connectivity index (χ1n) is 11.1. The molecule has 9 nitrogen and oxygen atoms in total. The summed E-state index contributed by atoms with van der Waals surface area (Å²) in [5, 5.41) is 6.02. The van der Waals surface area contributed by atoms with Crippen LogP contribution in [0.2, 0.25) is 0 Å². The topological polar surface area (TPSA) is 112 Å². The Hall–Kier alpha value is -3.56. The fraction of sp³-hybridized carbons (Fsp3) is 0.333. The number of aromatic amines is 1. The average Bonchev–Trinajstić information content (AvgIpc) is 2.86. The maximum atomic E-state index is 12.7. The molecular weight excluding hydrogens is 420 g/mol. The highest BCUT2D eigenvalue weighted by Gasteiger charge is 2.12. The summed E-state index contributed by atoms with van der Waals surface area (Å²) < 4.78 is 5.80. The minimum absolute atomic E-state index is 0.151. The lowest BCUT2D eigenvalue weighted by Gasteiger charge is -2.26. The molecule has 0 atom stereocenters. The molecular formula is C24H28N6O3. The number of H-pyrrole nitrogens is 1. The minimum Gasteiger partial charge on any atom is -0.492 e. The molecule has 3 aromatic rings. The normalized spacial score (nSPS) is 14.1. The first-order chi connectivity index (χ1) is 16.1. The second kappa shape index (κ2) is 10.8. The van der Waals surface area contributed by atoms with E-state index < -0.39 is 0 Å². The Bertz CT molecular complexity index is 1140. The second-order valence-electron chi connectivity index (χ2n) is 7.80. The highest BCUT2D eigenvalue weighted by molar-refractivity contribution is 6.04. The van der Waals surface area contributed by atoms with E-state index >= 15 is 0 Å². The van der Waals surface area contributed by atoms with Crippen molar-refractivity contribution in [2.24, 2.45) is 0 Å². The van der Waals surface area contributed by atoms with Gasteiger partial charge in [0.1, 0.15) is 18.0 Å². The summed E-state index contributed by atoms with van der Waals surface area (Å²) in [4.78, 5) is 38.7. The highest BCUT2D eigenvalue weighted by atomic mass is 16.5. The molecule has 3 N–H and O–H groups in total. The summed E-state index contributed by atoms with van der Waals surface area (Å²) in [6.45, 7) is 7.53. The third-order valence-electron chi connectivity index (χ3n) is 5.50. The zero-order chi connectivity index (χ0) is 23.0. The zero-order valence-electron chi connectivity index (χ0n) is 18.6. The van der Waals surface area contributed by atoms with Crippen molar-refractivity contribution in [2.45, 2.75) is 13.3 Å². The molecule has 1 saturated heterocycles. The number of hydrogen-bond acceptors (Lipinski definition) is 7. The van der Waals surface area contributed by atoms with Crippen molar-refractivity contribution in [3.05, 3.63) is 70.5 Å². The van der Waals surface area contributed by atoms with Gasteiger partial charge in [-0.25, -0.2) is 4.98 Å². The van der Waals surface area contributed by atoms with Gasteiger partial charge in [0.15, 0.2) is 0 Å². The van der Waals surface area contributed by atoms with Gasteiger partial charge in [-0.3, -0.25) is 19.5 Å². The number of benzene rings is 1. The molecule has 4 rings (SSSR count). The average molecular weight is 449 g/mol. The largest absolute Gasteiger partial charge is 0.492 e. The van der Waals surface area contributed by atoms with Gasteiger partial charge in [0.05, 0.1) is 17.6 Å². The number of aromatic nitrogens is 3. The molecule has 33 heavy (non-hydrogen) atoms. The van der Waals surface area contributed by atoms with Gasteiger partial charge < -0.3 is 20.4 Å². The first-order valence-corrected chi connectivity index (χ1v) is 11.1. The molecule has 0 spiro atoms.